The Kier molecular flexibility index (Phi) is 2.99. The maximum atomic E-state index is 13.4. The molecule has 9 nitrogen and oxygen atoms in total. The number of amides is 3. The van der Waals surface area contributed by atoms with Crippen molar-refractivity contribution in [1.82, 2.24) is 9.88 Å². The van der Waals surface area contributed by atoms with Gasteiger partial charge in [0, 0.05) is 10.8 Å². The number of imide groups is 1. The maximum absolute atomic E-state index is 13.4. The molecular weight excluding hydrogens is 350 g/mol. The number of carboxylic acid groups (broad SMARTS) is 1. The minimum atomic E-state index is -1.08. The van der Waals surface area contributed by atoms with Gasteiger partial charge in [0.1, 0.15) is 18.4 Å². The number of fused-ring (bicyclic) bond motifs is 2. The molecule has 1 N–H and O–H groups in total. The van der Waals surface area contributed by atoms with E-state index in [-0.39, 0.29) is 23.4 Å². The van der Waals surface area contributed by atoms with Crippen molar-refractivity contribution in [3.8, 4) is 6.07 Å². The minimum absolute atomic E-state index is 0.205. The Balaban J connectivity index is 1.70. The number of hydrogen-bond acceptors (Lipinski definition) is 6. The lowest BCUT2D eigenvalue weighted by Crippen LogP contribution is -2.62. The second-order valence-corrected chi connectivity index (χ2v) is 7.08. The fourth-order valence-corrected chi connectivity index (χ4v) is 4.69. The Labute approximate surface area is 153 Å². The predicted molar refractivity (Wildman–Crippen MR) is 91.3 cm³/mol. The third-order valence-corrected chi connectivity index (χ3v) is 5.87. The predicted octanol–water partition coefficient (Wildman–Crippen LogP) is 0.498. The molecule has 27 heavy (non-hydrogen) atoms. The molecule has 3 unspecified atom stereocenters. The van der Waals surface area contributed by atoms with Crippen LogP contribution in [0.1, 0.15) is 5.69 Å². The molecule has 9 heteroatoms. The van der Waals surface area contributed by atoms with Crippen LogP contribution in [0.3, 0.4) is 0 Å². The molecule has 4 atom stereocenters. The number of rotatable bonds is 2. The summed E-state index contributed by atoms with van der Waals surface area (Å²) in [7, 11) is 0. The fraction of sp³-hybridized carbons (Fsp3) is 0.278. The molecule has 1 spiro atoms. The number of carboxylic acids is 1. The van der Waals surface area contributed by atoms with Gasteiger partial charge >= 0.3 is 12.0 Å². The highest BCUT2D eigenvalue weighted by Crippen LogP contribution is 2.44. The first-order chi connectivity index (χ1) is 13.0. The van der Waals surface area contributed by atoms with Gasteiger partial charge in [-0.25, -0.2) is 24.0 Å². The lowest BCUT2D eigenvalue weighted by molar-refractivity contribution is -0.853. The summed E-state index contributed by atoms with van der Waals surface area (Å²) in [4.78, 5) is 45.3. The van der Waals surface area contributed by atoms with Gasteiger partial charge in [0.25, 0.3) is 5.91 Å². The van der Waals surface area contributed by atoms with Gasteiger partial charge in [-0.05, 0) is 0 Å². The van der Waals surface area contributed by atoms with E-state index in [1.165, 1.54) is 6.20 Å². The second kappa shape index (κ2) is 5.09. The molecule has 1 aromatic carbocycles. The molecule has 134 valence electrons. The van der Waals surface area contributed by atoms with Gasteiger partial charge in [0.05, 0.1) is 25.0 Å². The van der Waals surface area contributed by atoms with Crippen molar-refractivity contribution in [3.05, 3.63) is 36.2 Å². The maximum Gasteiger partial charge on any atom is 0.433 e. The zero-order chi connectivity index (χ0) is 18.9. The van der Waals surface area contributed by atoms with E-state index < -0.39 is 30.0 Å². The number of anilines is 1. The van der Waals surface area contributed by atoms with Crippen LogP contribution in [-0.4, -0.2) is 69.2 Å². The quantitative estimate of drug-likeness (QED) is 0.609. The molecule has 3 aliphatic rings. The van der Waals surface area contributed by atoms with Crippen LogP contribution in [0, 0.1) is 11.3 Å². The van der Waals surface area contributed by atoms with E-state index in [0.717, 1.165) is 4.90 Å². The molecule has 1 aromatic heterocycles. The van der Waals surface area contributed by atoms with Crippen LogP contribution in [0.5, 0.6) is 0 Å². The summed E-state index contributed by atoms with van der Waals surface area (Å²) >= 11 is 0. The van der Waals surface area contributed by atoms with Gasteiger partial charge < -0.3 is 5.11 Å². The number of aromatic nitrogens is 1. The van der Waals surface area contributed by atoms with E-state index in [2.05, 4.69) is 4.98 Å². The van der Waals surface area contributed by atoms with E-state index in [4.69, 9.17) is 0 Å². The molecule has 5 rings (SSSR count). The molecular formula is C18H14N5O4+. The Morgan fingerprint density at radius 3 is 2.70 bits per heavy atom. The van der Waals surface area contributed by atoms with Crippen LogP contribution in [0.2, 0.25) is 0 Å². The van der Waals surface area contributed by atoms with Crippen LogP contribution in [0.25, 0.3) is 10.8 Å². The molecule has 2 bridgehead atoms. The van der Waals surface area contributed by atoms with E-state index in [1.807, 2.05) is 11.0 Å². The average molecular weight is 364 g/mol. The van der Waals surface area contributed by atoms with Crippen molar-refractivity contribution >= 4 is 34.4 Å². The molecule has 3 aliphatic heterocycles. The Hall–Kier alpha value is -3.35. The summed E-state index contributed by atoms with van der Waals surface area (Å²) in [5, 5.41) is 20.0. The van der Waals surface area contributed by atoms with Gasteiger partial charge in [-0.3, -0.25) is 4.79 Å². The molecule has 2 aromatic rings. The van der Waals surface area contributed by atoms with E-state index in [9.17, 15) is 24.8 Å². The summed E-state index contributed by atoms with van der Waals surface area (Å²) in [6, 6.07) is 6.74. The van der Waals surface area contributed by atoms with Crippen molar-refractivity contribution in [2.75, 3.05) is 24.7 Å². The number of aliphatic carboxylic acids is 1. The summed E-state index contributed by atoms with van der Waals surface area (Å²) in [6.07, 6.45) is 1.35. The molecule has 0 saturated carbocycles. The van der Waals surface area contributed by atoms with Crippen LogP contribution in [0.4, 0.5) is 10.5 Å². The molecule has 4 heterocycles. The van der Waals surface area contributed by atoms with E-state index in [1.54, 1.807) is 24.3 Å². The monoisotopic (exact) mass is 364 g/mol. The van der Waals surface area contributed by atoms with Crippen molar-refractivity contribution in [1.29, 1.82) is 5.26 Å². The molecule has 3 saturated heterocycles. The highest BCUT2D eigenvalue weighted by atomic mass is 16.4. The van der Waals surface area contributed by atoms with Gasteiger partial charge in [0.15, 0.2) is 6.04 Å². The summed E-state index contributed by atoms with van der Waals surface area (Å²) < 4.78 is -0.386. The third kappa shape index (κ3) is 1.78. The number of nitriles is 1. The van der Waals surface area contributed by atoms with Crippen molar-refractivity contribution in [2.24, 2.45) is 0 Å². The Morgan fingerprint density at radius 1 is 1.26 bits per heavy atom. The highest BCUT2D eigenvalue weighted by molar-refractivity contribution is 6.22. The molecule has 3 fully saturated rings. The SMILES string of the molecule is N#Cc1ncc(N2C(=O)C3C[N@@]4CC(C(=O)O)[N+]3(C4)C2=O)c2ccccc12. The topological polar surface area (TPSA) is 115 Å². The number of piperazine rings is 1. The second-order valence-electron chi connectivity index (χ2n) is 7.08. The fourth-order valence-electron chi connectivity index (χ4n) is 4.69. The largest absolute Gasteiger partial charge is 0.477 e. The van der Waals surface area contributed by atoms with Crippen molar-refractivity contribution in [2.45, 2.75) is 12.1 Å². The number of quaternary nitrogens is 1. The number of carbonyl (C=O) groups is 3. The highest BCUT2D eigenvalue weighted by Gasteiger charge is 2.74. The van der Waals surface area contributed by atoms with Crippen molar-refractivity contribution < 1.29 is 24.0 Å². The molecule has 0 radical (unpaired) electrons. The number of hydrogen-bond donors (Lipinski definition) is 1. The Bertz CT molecular complexity index is 1090. The number of benzene rings is 1. The number of carbonyl (C=O) groups excluding carboxylic acids is 2. The minimum Gasteiger partial charge on any atom is -0.477 e. The van der Waals surface area contributed by atoms with Crippen molar-refractivity contribution in [3.63, 3.8) is 0 Å². The summed E-state index contributed by atoms with van der Waals surface area (Å²) in [5.41, 5.74) is 0.501. The Morgan fingerprint density at radius 2 is 2.00 bits per heavy atom. The van der Waals surface area contributed by atoms with Crippen LogP contribution in [-0.2, 0) is 9.59 Å². The lowest BCUT2D eigenvalue weighted by Gasteiger charge is -2.30. The molecule has 3 amide bonds. The molecule has 0 aliphatic carbocycles. The first-order valence-corrected chi connectivity index (χ1v) is 8.48. The van der Waals surface area contributed by atoms with Crippen LogP contribution >= 0.6 is 0 Å². The third-order valence-electron chi connectivity index (χ3n) is 5.87. The van der Waals surface area contributed by atoms with Gasteiger partial charge in [-0.1, -0.05) is 24.3 Å². The van der Waals surface area contributed by atoms with Crippen LogP contribution in [0.15, 0.2) is 30.5 Å². The number of urea groups is 1. The number of pyridine rings is 1. The first kappa shape index (κ1) is 15.9. The van der Waals surface area contributed by atoms with Gasteiger partial charge in [-0.2, -0.15) is 10.2 Å². The summed E-state index contributed by atoms with van der Waals surface area (Å²) in [6.45, 7) is 0.849. The van der Waals surface area contributed by atoms with Gasteiger partial charge in [-0.15, -0.1) is 0 Å². The van der Waals surface area contributed by atoms with Gasteiger partial charge in [0.2, 0.25) is 6.04 Å². The standard InChI is InChI=1S/C18H13N5O4/c19-5-12-10-3-1-2-4-11(10)13(6-20-12)22-16(24)14-7-21-8-15(17(25)26)23(14,9-21)18(22)27/h1-4,6,14-15H,7-9H2/p+1. The smallest absolute Gasteiger partial charge is 0.433 e. The zero-order valence-corrected chi connectivity index (χ0v) is 14.1. The van der Waals surface area contributed by atoms with E-state index in [0.29, 0.717) is 23.0 Å². The van der Waals surface area contributed by atoms with E-state index >= 15 is 0 Å². The summed E-state index contributed by atoms with van der Waals surface area (Å²) in [5.74, 6) is -1.49. The first-order valence-electron chi connectivity index (χ1n) is 8.48. The number of nitrogens with zero attached hydrogens (tertiary/aromatic N) is 5. The lowest BCUT2D eigenvalue weighted by atomic mass is 10.1. The van der Waals surface area contributed by atoms with Crippen LogP contribution < -0.4 is 4.90 Å². The average Bonchev–Trinajstić information content (AvgIpc) is 3.30. The normalized spacial score (nSPS) is 31.4. The zero-order valence-electron chi connectivity index (χ0n) is 14.1.